The Balaban J connectivity index is 1.40. The molecular formula is C24H30BrN3O2. The van der Waals surface area contributed by atoms with Crippen LogP contribution in [0.5, 0.6) is 0 Å². The minimum atomic E-state index is -0.536. The maximum Gasteiger partial charge on any atom is 0.411 e. The number of carbonyl (C=O) groups is 1. The lowest BCUT2D eigenvalue weighted by Gasteiger charge is -2.38. The van der Waals surface area contributed by atoms with Gasteiger partial charge in [0.1, 0.15) is 5.60 Å². The molecule has 0 spiro atoms. The van der Waals surface area contributed by atoms with Gasteiger partial charge in [-0.05, 0) is 68.9 Å². The van der Waals surface area contributed by atoms with Crippen LogP contribution < -0.4 is 11.1 Å². The number of hydrogen-bond donors (Lipinski definition) is 2. The van der Waals surface area contributed by atoms with E-state index in [1.54, 1.807) is 0 Å². The second-order valence-corrected chi connectivity index (χ2v) is 9.84. The summed E-state index contributed by atoms with van der Waals surface area (Å²) in [5, 5.41) is 3.65. The molecule has 0 bridgehead atoms. The first kappa shape index (κ1) is 21.2. The fourth-order valence-electron chi connectivity index (χ4n) is 4.87. The largest absolute Gasteiger partial charge is 0.441 e. The Morgan fingerprint density at radius 1 is 1.13 bits per heavy atom. The van der Waals surface area contributed by atoms with Gasteiger partial charge in [-0.15, -0.1) is 0 Å². The average molecular weight is 472 g/mol. The van der Waals surface area contributed by atoms with Gasteiger partial charge in [-0.3, -0.25) is 4.90 Å². The summed E-state index contributed by atoms with van der Waals surface area (Å²) in [4.78, 5) is 14.8. The first-order valence-electron chi connectivity index (χ1n) is 10.7. The Morgan fingerprint density at radius 2 is 1.83 bits per heavy atom. The van der Waals surface area contributed by atoms with Crippen LogP contribution in [0.1, 0.15) is 56.7 Å². The van der Waals surface area contributed by atoms with Crippen molar-refractivity contribution >= 4 is 27.7 Å². The molecule has 3 N–H and O–H groups in total. The summed E-state index contributed by atoms with van der Waals surface area (Å²) in [6, 6.07) is 16.8. The van der Waals surface area contributed by atoms with E-state index in [4.69, 9.17) is 10.5 Å². The number of nitrogens with zero attached hydrogens (tertiary/aromatic N) is 1. The van der Waals surface area contributed by atoms with Crippen molar-refractivity contribution in [2.75, 3.05) is 5.73 Å². The highest BCUT2D eigenvalue weighted by Crippen LogP contribution is 2.44. The first-order valence-corrected chi connectivity index (χ1v) is 11.5. The Labute approximate surface area is 187 Å². The van der Waals surface area contributed by atoms with Crippen LogP contribution in [0.25, 0.3) is 0 Å². The molecule has 2 aromatic carbocycles. The van der Waals surface area contributed by atoms with Gasteiger partial charge in [-0.1, -0.05) is 46.3 Å². The first-order chi connectivity index (χ1) is 14.3. The van der Waals surface area contributed by atoms with Crippen LogP contribution in [-0.2, 0) is 11.3 Å². The third kappa shape index (κ3) is 4.35. The van der Waals surface area contributed by atoms with Crippen molar-refractivity contribution in [3.8, 4) is 0 Å². The topological polar surface area (TPSA) is 67.6 Å². The number of amides is 1. The van der Waals surface area contributed by atoms with E-state index in [0.717, 1.165) is 53.5 Å². The van der Waals surface area contributed by atoms with Gasteiger partial charge in [-0.2, -0.15) is 0 Å². The molecule has 1 atom stereocenters. The lowest BCUT2D eigenvalue weighted by Crippen LogP contribution is -2.45. The van der Waals surface area contributed by atoms with Crippen molar-refractivity contribution in [3.05, 3.63) is 64.1 Å². The molecule has 5 nitrogen and oxygen atoms in total. The second-order valence-electron chi connectivity index (χ2n) is 8.92. The van der Waals surface area contributed by atoms with Crippen molar-refractivity contribution in [2.45, 2.75) is 69.8 Å². The highest BCUT2D eigenvalue weighted by molar-refractivity contribution is 9.10. The van der Waals surface area contributed by atoms with Gasteiger partial charge in [0.2, 0.25) is 0 Å². The molecule has 1 amide bonds. The molecule has 2 aliphatic rings. The Kier molecular flexibility index (Phi) is 6.07. The van der Waals surface area contributed by atoms with E-state index in [9.17, 15) is 4.79 Å². The van der Waals surface area contributed by atoms with Gasteiger partial charge in [0, 0.05) is 28.8 Å². The highest BCUT2D eigenvalue weighted by atomic mass is 79.9. The fourth-order valence-corrected chi connectivity index (χ4v) is 5.28. The molecule has 1 heterocycles. The summed E-state index contributed by atoms with van der Waals surface area (Å²) in [7, 11) is 0. The van der Waals surface area contributed by atoms with E-state index in [1.807, 2.05) is 49.1 Å². The normalized spacial score (nSPS) is 25.9. The quantitative estimate of drug-likeness (QED) is 0.572. The van der Waals surface area contributed by atoms with Gasteiger partial charge >= 0.3 is 6.09 Å². The summed E-state index contributed by atoms with van der Waals surface area (Å²) in [5.41, 5.74) is 8.63. The summed E-state index contributed by atoms with van der Waals surface area (Å²) < 4.78 is 6.83. The van der Waals surface area contributed by atoms with Crippen LogP contribution in [0.3, 0.4) is 0 Å². The second kappa shape index (κ2) is 8.60. The zero-order chi connectivity index (χ0) is 21.3. The fraction of sp³-hybridized carbons (Fsp3) is 0.458. The highest BCUT2D eigenvalue weighted by Gasteiger charge is 2.51. The van der Waals surface area contributed by atoms with Gasteiger partial charge in [0.15, 0.2) is 0 Å². The van der Waals surface area contributed by atoms with Crippen molar-refractivity contribution in [2.24, 2.45) is 0 Å². The molecule has 160 valence electrons. The van der Waals surface area contributed by atoms with Crippen LogP contribution in [-0.4, -0.2) is 28.7 Å². The molecule has 0 unspecified atom stereocenters. The van der Waals surface area contributed by atoms with Crippen LogP contribution in [0.15, 0.2) is 53.0 Å². The predicted molar refractivity (Wildman–Crippen MR) is 123 cm³/mol. The number of hydrogen-bond acceptors (Lipinski definition) is 4. The molecule has 0 radical (unpaired) electrons. The van der Waals surface area contributed by atoms with E-state index < -0.39 is 5.60 Å². The molecule has 1 aliphatic heterocycles. The lowest BCUT2D eigenvalue weighted by molar-refractivity contribution is 0.0663. The molecule has 30 heavy (non-hydrogen) atoms. The Hall–Kier alpha value is -2.05. The monoisotopic (exact) mass is 471 g/mol. The van der Waals surface area contributed by atoms with E-state index in [1.165, 1.54) is 0 Å². The maximum atomic E-state index is 12.8. The number of benzene rings is 2. The number of rotatable bonds is 5. The zero-order valence-corrected chi connectivity index (χ0v) is 19.2. The van der Waals surface area contributed by atoms with Crippen LogP contribution in [0, 0.1) is 0 Å². The van der Waals surface area contributed by atoms with Gasteiger partial charge in [-0.25, -0.2) is 4.79 Å². The molecule has 1 saturated heterocycles. The van der Waals surface area contributed by atoms with E-state index >= 15 is 0 Å². The predicted octanol–water partition coefficient (Wildman–Crippen LogP) is 5.40. The van der Waals surface area contributed by atoms with E-state index in [-0.39, 0.29) is 18.2 Å². The number of carbonyl (C=O) groups excluding carboxylic acids is 1. The smallest absolute Gasteiger partial charge is 0.411 e. The molecule has 6 heteroatoms. The van der Waals surface area contributed by atoms with Crippen LogP contribution >= 0.6 is 15.9 Å². The van der Waals surface area contributed by atoms with Crippen molar-refractivity contribution < 1.29 is 9.53 Å². The summed E-state index contributed by atoms with van der Waals surface area (Å²) >= 11 is 3.51. The number of halogens is 1. The van der Waals surface area contributed by atoms with E-state index in [2.05, 4.69) is 39.4 Å². The summed E-state index contributed by atoms with van der Waals surface area (Å²) in [6.45, 7) is 4.78. The number of nitrogens with one attached hydrogen (secondary N) is 1. The van der Waals surface area contributed by atoms with Crippen LogP contribution in [0.4, 0.5) is 10.5 Å². The third-order valence-corrected chi connectivity index (χ3v) is 6.88. The Morgan fingerprint density at radius 3 is 2.53 bits per heavy atom. The lowest BCUT2D eigenvalue weighted by atomic mass is 9.86. The van der Waals surface area contributed by atoms with Gasteiger partial charge in [0.25, 0.3) is 0 Å². The van der Waals surface area contributed by atoms with Crippen LogP contribution in [0.2, 0.25) is 0 Å². The molecule has 0 aromatic heterocycles. The summed E-state index contributed by atoms with van der Waals surface area (Å²) in [5.74, 6) is 0. The molecule has 1 aliphatic carbocycles. The molecule has 2 fully saturated rings. The van der Waals surface area contributed by atoms with Crippen molar-refractivity contribution in [1.29, 1.82) is 0 Å². The molecular weight excluding hydrogens is 442 g/mol. The number of nitrogens with two attached hydrogens (primary N) is 1. The Bertz CT molecular complexity index is 895. The average Bonchev–Trinajstić information content (AvgIpc) is 2.98. The number of nitrogen functional groups attached to an aromatic ring is 1. The SMILES string of the molecule is CC1(C)OC(=O)N(C2CCC(NCc3cc(Br)ccc3N)CC2)[C@H]1c1ccccc1. The molecule has 4 rings (SSSR count). The molecule has 2 aromatic rings. The maximum absolute atomic E-state index is 12.8. The van der Waals surface area contributed by atoms with Crippen molar-refractivity contribution in [3.63, 3.8) is 0 Å². The number of anilines is 1. The third-order valence-electron chi connectivity index (χ3n) is 6.39. The van der Waals surface area contributed by atoms with Gasteiger partial charge < -0.3 is 15.8 Å². The molecule has 1 saturated carbocycles. The minimum Gasteiger partial charge on any atom is -0.441 e. The number of cyclic esters (lactones) is 1. The standard InChI is InChI=1S/C24H30BrN3O2/c1-24(2)22(16-6-4-3-5-7-16)28(23(29)30-24)20-11-9-19(10-12-20)27-15-17-14-18(25)8-13-21(17)26/h3-8,13-14,19-20,22,27H,9-12,15,26H2,1-2H3/t19?,20?,22-/m0/s1. The van der Waals surface area contributed by atoms with Gasteiger partial charge in [0.05, 0.1) is 6.04 Å². The van der Waals surface area contributed by atoms with Crippen molar-refractivity contribution in [1.82, 2.24) is 10.2 Å². The number of ether oxygens (including phenoxy) is 1. The summed E-state index contributed by atoms with van der Waals surface area (Å²) in [6.07, 6.45) is 3.82. The minimum absolute atomic E-state index is 0.0535. The van der Waals surface area contributed by atoms with E-state index in [0.29, 0.717) is 6.04 Å². The zero-order valence-electron chi connectivity index (χ0n) is 17.6.